The van der Waals surface area contributed by atoms with Gasteiger partial charge in [-0.3, -0.25) is 9.79 Å². The van der Waals surface area contributed by atoms with Crippen molar-refractivity contribution in [2.75, 3.05) is 40.4 Å². The summed E-state index contributed by atoms with van der Waals surface area (Å²) in [5.74, 6) is 1.57. The first-order chi connectivity index (χ1) is 11.6. The second kappa shape index (κ2) is 9.52. The quantitative estimate of drug-likeness (QED) is 0.357. The number of esters is 1. The average molecular weight is 398 g/mol. The lowest BCUT2D eigenvalue weighted by molar-refractivity contribution is -0.146. The van der Waals surface area contributed by atoms with Gasteiger partial charge in [-0.2, -0.15) is 0 Å². The Kier molecular flexibility index (Phi) is 7.36. The minimum absolute atomic E-state index is 0.00390. The van der Waals surface area contributed by atoms with Crippen molar-refractivity contribution in [1.29, 1.82) is 0 Å². The predicted molar refractivity (Wildman–Crippen MR) is 97.3 cm³/mol. The average Bonchev–Trinajstić information content (AvgIpc) is 2.61. The summed E-state index contributed by atoms with van der Waals surface area (Å²) in [6.07, 6.45) is 1.59. The summed E-state index contributed by atoms with van der Waals surface area (Å²) in [5.41, 5.74) is 0. The molecule has 1 aliphatic rings. The second-order valence-electron chi connectivity index (χ2n) is 5.56. The maximum atomic E-state index is 11.6. The highest BCUT2D eigenvalue weighted by Gasteiger charge is 2.26. The number of nitrogens with zero attached hydrogens (tertiary/aromatic N) is 2. The first kappa shape index (κ1) is 18.6. The molecule has 0 aliphatic carbocycles. The van der Waals surface area contributed by atoms with Gasteiger partial charge in [-0.05, 0) is 31.0 Å². The van der Waals surface area contributed by atoms with Gasteiger partial charge in [0.05, 0.1) is 19.6 Å². The van der Waals surface area contributed by atoms with Crippen molar-refractivity contribution < 1.29 is 14.3 Å². The molecule has 0 bridgehead atoms. The molecule has 1 heterocycles. The molecule has 0 amide bonds. The third-order valence-electron chi connectivity index (χ3n) is 3.99. The Hall–Kier alpha value is -1.76. The van der Waals surface area contributed by atoms with Gasteiger partial charge in [0.1, 0.15) is 12.4 Å². The molecular formula is C17H24BrN3O3. The van der Waals surface area contributed by atoms with E-state index in [-0.39, 0.29) is 11.9 Å². The Morgan fingerprint density at radius 1 is 1.42 bits per heavy atom. The summed E-state index contributed by atoms with van der Waals surface area (Å²) in [4.78, 5) is 18.1. The number of likely N-dealkylation sites (tertiary alicyclic amines) is 1. The van der Waals surface area contributed by atoms with Crippen molar-refractivity contribution in [3.63, 3.8) is 0 Å². The molecule has 1 fully saturated rings. The summed E-state index contributed by atoms with van der Waals surface area (Å²) in [6.45, 7) is 2.81. The van der Waals surface area contributed by atoms with Crippen LogP contribution in [0.5, 0.6) is 5.75 Å². The Morgan fingerprint density at radius 2 is 2.17 bits per heavy atom. The number of carbonyl (C=O) groups excluding carboxylic acids is 1. The standard InChI is InChI=1S/C17H24BrN3O3/c1-19-17(21-9-6-13(7-10-21)16(22)23-2)20-8-11-24-15-5-3-4-14(18)12-15/h3-5,12-13H,6-11H2,1-2H3,(H,19,20). The Labute approximate surface area is 151 Å². The van der Waals surface area contributed by atoms with Crippen LogP contribution < -0.4 is 10.1 Å². The van der Waals surface area contributed by atoms with Crippen LogP contribution in [0, 0.1) is 5.92 Å². The predicted octanol–water partition coefficient (Wildman–Crippen LogP) is 2.29. The number of guanidine groups is 1. The molecule has 2 rings (SSSR count). The molecule has 7 heteroatoms. The zero-order valence-electron chi connectivity index (χ0n) is 14.1. The molecule has 1 N–H and O–H groups in total. The molecule has 6 nitrogen and oxygen atoms in total. The fraction of sp³-hybridized carbons (Fsp3) is 0.529. The van der Waals surface area contributed by atoms with Gasteiger partial charge in [-0.25, -0.2) is 0 Å². The molecule has 1 aromatic rings. The van der Waals surface area contributed by atoms with Crippen molar-refractivity contribution in [3.05, 3.63) is 28.7 Å². The Balaban J connectivity index is 1.72. The van der Waals surface area contributed by atoms with Gasteiger partial charge in [0.25, 0.3) is 0 Å². The molecule has 0 unspecified atom stereocenters. The first-order valence-corrected chi connectivity index (χ1v) is 8.85. The number of ether oxygens (including phenoxy) is 2. The van der Waals surface area contributed by atoms with Gasteiger partial charge in [-0.1, -0.05) is 22.0 Å². The maximum Gasteiger partial charge on any atom is 0.308 e. The van der Waals surface area contributed by atoms with E-state index in [1.165, 1.54) is 7.11 Å². The zero-order chi connectivity index (χ0) is 17.4. The van der Waals surface area contributed by atoms with Crippen molar-refractivity contribution in [3.8, 4) is 5.75 Å². The van der Waals surface area contributed by atoms with Crippen LogP contribution in [-0.2, 0) is 9.53 Å². The van der Waals surface area contributed by atoms with E-state index >= 15 is 0 Å². The van der Waals surface area contributed by atoms with E-state index in [9.17, 15) is 4.79 Å². The molecule has 1 aromatic carbocycles. The number of nitrogens with one attached hydrogen (secondary N) is 1. The van der Waals surface area contributed by atoms with Crippen molar-refractivity contribution >= 4 is 27.9 Å². The fourth-order valence-electron chi connectivity index (χ4n) is 2.71. The third kappa shape index (κ3) is 5.40. The van der Waals surface area contributed by atoms with Crippen LogP contribution in [-0.4, -0.2) is 57.2 Å². The lowest BCUT2D eigenvalue weighted by Crippen LogP contribution is -2.47. The van der Waals surface area contributed by atoms with Crippen molar-refractivity contribution in [1.82, 2.24) is 10.2 Å². The highest BCUT2D eigenvalue weighted by molar-refractivity contribution is 9.10. The number of halogens is 1. The molecule has 0 saturated carbocycles. The minimum atomic E-state index is -0.111. The number of aliphatic imine (C=N–C) groups is 1. The fourth-order valence-corrected chi connectivity index (χ4v) is 3.09. The highest BCUT2D eigenvalue weighted by atomic mass is 79.9. The molecule has 0 atom stereocenters. The number of carbonyl (C=O) groups is 1. The van der Waals surface area contributed by atoms with Gasteiger partial charge in [0, 0.05) is 24.6 Å². The second-order valence-corrected chi connectivity index (χ2v) is 6.48. The van der Waals surface area contributed by atoms with Gasteiger partial charge in [-0.15, -0.1) is 0 Å². The van der Waals surface area contributed by atoms with Crippen LogP contribution in [0.2, 0.25) is 0 Å². The molecule has 1 saturated heterocycles. The van der Waals surface area contributed by atoms with E-state index in [1.807, 2.05) is 24.3 Å². The van der Waals surface area contributed by atoms with Crippen LogP contribution >= 0.6 is 15.9 Å². The lowest BCUT2D eigenvalue weighted by atomic mass is 9.97. The smallest absolute Gasteiger partial charge is 0.308 e. The lowest BCUT2D eigenvalue weighted by Gasteiger charge is -2.33. The summed E-state index contributed by atoms with van der Waals surface area (Å²) in [5, 5.41) is 3.31. The molecule has 0 spiro atoms. The number of hydrogen-bond donors (Lipinski definition) is 1. The summed E-state index contributed by atoms with van der Waals surface area (Å²) in [7, 11) is 3.21. The molecule has 0 aromatic heterocycles. The topological polar surface area (TPSA) is 63.2 Å². The maximum absolute atomic E-state index is 11.6. The Bertz CT molecular complexity index is 572. The van der Waals surface area contributed by atoms with Crippen LogP contribution in [0.3, 0.4) is 0 Å². The van der Waals surface area contributed by atoms with Crippen LogP contribution in [0.4, 0.5) is 0 Å². The molecule has 1 aliphatic heterocycles. The summed E-state index contributed by atoms with van der Waals surface area (Å²) >= 11 is 3.42. The molecule has 132 valence electrons. The van der Waals surface area contributed by atoms with Crippen LogP contribution in [0.15, 0.2) is 33.7 Å². The minimum Gasteiger partial charge on any atom is -0.492 e. The third-order valence-corrected chi connectivity index (χ3v) is 4.48. The summed E-state index contributed by atoms with van der Waals surface area (Å²) in [6, 6.07) is 7.77. The van der Waals surface area contributed by atoms with Crippen molar-refractivity contribution in [2.24, 2.45) is 10.9 Å². The number of benzene rings is 1. The van der Waals surface area contributed by atoms with E-state index < -0.39 is 0 Å². The molecule has 0 radical (unpaired) electrons. The monoisotopic (exact) mass is 397 g/mol. The largest absolute Gasteiger partial charge is 0.492 e. The van der Waals surface area contributed by atoms with E-state index in [0.717, 1.165) is 42.1 Å². The first-order valence-electron chi connectivity index (χ1n) is 8.06. The number of rotatable bonds is 5. The highest BCUT2D eigenvalue weighted by Crippen LogP contribution is 2.19. The Morgan fingerprint density at radius 3 is 2.79 bits per heavy atom. The number of piperidine rings is 1. The zero-order valence-corrected chi connectivity index (χ0v) is 15.7. The summed E-state index contributed by atoms with van der Waals surface area (Å²) < 4.78 is 11.5. The molecular weight excluding hydrogens is 374 g/mol. The van der Waals surface area contributed by atoms with Crippen LogP contribution in [0.1, 0.15) is 12.8 Å². The normalized spacial score (nSPS) is 16.0. The SMILES string of the molecule is CN=C(NCCOc1cccc(Br)c1)N1CCC(C(=O)OC)CC1. The number of methoxy groups -OCH3 is 1. The van der Waals surface area contributed by atoms with Gasteiger partial charge < -0.3 is 19.7 Å². The van der Waals surface area contributed by atoms with E-state index in [2.05, 4.69) is 31.1 Å². The molecule has 24 heavy (non-hydrogen) atoms. The van der Waals surface area contributed by atoms with Gasteiger partial charge >= 0.3 is 5.97 Å². The van der Waals surface area contributed by atoms with E-state index in [0.29, 0.717) is 13.2 Å². The van der Waals surface area contributed by atoms with Gasteiger partial charge in [0.2, 0.25) is 0 Å². The van der Waals surface area contributed by atoms with E-state index in [1.54, 1.807) is 7.05 Å². The van der Waals surface area contributed by atoms with E-state index in [4.69, 9.17) is 9.47 Å². The van der Waals surface area contributed by atoms with Crippen molar-refractivity contribution in [2.45, 2.75) is 12.8 Å². The van der Waals surface area contributed by atoms with Gasteiger partial charge in [0.15, 0.2) is 5.96 Å². The van der Waals surface area contributed by atoms with Crippen LogP contribution in [0.25, 0.3) is 0 Å². The number of hydrogen-bond acceptors (Lipinski definition) is 4.